The van der Waals surface area contributed by atoms with Gasteiger partial charge in [-0.05, 0) is 32.4 Å². The number of rotatable bonds is 8. The summed E-state index contributed by atoms with van der Waals surface area (Å²) in [5.74, 6) is 1.35. The van der Waals surface area contributed by atoms with Gasteiger partial charge in [0.1, 0.15) is 5.82 Å². The largest absolute Gasteiger partial charge is 0.473 e. The second kappa shape index (κ2) is 7.80. The van der Waals surface area contributed by atoms with Crippen LogP contribution in [0.4, 0.5) is 11.5 Å². The van der Waals surface area contributed by atoms with E-state index in [1.165, 1.54) is 25.7 Å². The number of unbranched alkanes of at least 4 members (excludes halogenated alkanes) is 3. The third-order valence-electron chi connectivity index (χ3n) is 2.57. The molecule has 1 rings (SSSR count). The Morgan fingerprint density at radius 1 is 1.28 bits per heavy atom. The SMILES string of the molecule is CCCCCCNc1ccc(N)c(OC(C)C)n1. The number of nitrogens with one attached hydrogen (secondary N) is 1. The summed E-state index contributed by atoms with van der Waals surface area (Å²) < 4.78 is 5.55. The normalized spacial score (nSPS) is 10.7. The third kappa shape index (κ3) is 5.25. The minimum Gasteiger partial charge on any atom is -0.473 e. The highest BCUT2D eigenvalue weighted by Gasteiger charge is 2.05. The number of nitrogens with zero attached hydrogens (tertiary/aromatic N) is 1. The van der Waals surface area contributed by atoms with Crippen LogP contribution >= 0.6 is 0 Å². The number of hydrogen-bond donors (Lipinski definition) is 2. The zero-order chi connectivity index (χ0) is 13.4. The molecule has 0 amide bonds. The summed E-state index contributed by atoms with van der Waals surface area (Å²) in [6, 6.07) is 3.72. The summed E-state index contributed by atoms with van der Waals surface area (Å²) in [6.07, 6.45) is 5.05. The van der Waals surface area contributed by atoms with Crippen LogP contribution in [0.25, 0.3) is 0 Å². The molecule has 0 saturated heterocycles. The lowest BCUT2D eigenvalue weighted by Crippen LogP contribution is -2.10. The lowest BCUT2D eigenvalue weighted by atomic mass is 10.2. The maximum atomic E-state index is 5.82. The number of pyridine rings is 1. The predicted molar refractivity (Wildman–Crippen MR) is 77.0 cm³/mol. The molecule has 1 heterocycles. The predicted octanol–water partition coefficient (Wildman–Crippen LogP) is 3.44. The summed E-state index contributed by atoms with van der Waals surface area (Å²) in [7, 11) is 0. The number of ether oxygens (including phenoxy) is 1. The van der Waals surface area contributed by atoms with Crippen molar-refractivity contribution in [2.75, 3.05) is 17.6 Å². The van der Waals surface area contributed by atoms with Crippen molar-refractivity contribution in [3.63, 3.8) is 0 Å². The molecule has 0 aromatic carbocycles. The fraction of sp³-hybridized carbons (Fsp3) is 0.643. The zero-order valence-corrected chi connectivity index (χ0v) is 11.7. The van der Waals surface area contributed by atoms with E-state index in [9.17, 15) is 0 Å². The van der Waals surface area contributed by atoms with E-state index in [0.29, 0.717) is 11.6 Å². The molecule has 1 aromatic heterocycles. The number of aromatic nitrogens is 1. The van der Waals surface area contributed by atoms with E-state index in [2.05, 4.69) is 17.2 Å². The first-order valence-corrected chi connectivity index (χ1v) is 6.80. The van der Waals surface area contributed by atoms with Crippen molar-refractivity contribution >= 4 is 11.5 Å². The van der Waals surface area contributed by atoms with Gasteiger partial charge in [0.15, 0.2) is 0 Å². The van der Waals surface area contributed by atoms with Gasteiger partial charge < -0.3 is 15.8 Å². The average Bonchev–Trinajstić information content (AvgIpc) is 2.32. The minimum absolute atomic E-state index is 0.0830. The first-order chi connectivity index (χ1) is 8.63. The molecule has 1 aromatic rings. The number of nitrogen functional groups attached to an aromatic ring is 1. The van der Waals surface area contributed by atoms with Crippen molar-refractivity contribution in [1.29, 1.82) is 0 Å². The molecule has 0 atom stereocenters. The lowest BCUT2D eigenvalue weighted by Gasteiger charge is -2.13. The van der Waals surface area contributed by atoms with E-state index in [0.717, 1.165) is 12.4 Å². The Kier molecular flexibility index (Phi) is 6.33. The molecule has 0 aliphatic rings. The van der Waals surface area contributed by atoms with Gasteiger partial charge in [0.05, 0.1) is 11.8 Å². The summed E-state index contributed by atoms with van der Waals surface area (Å²) in [4.78, 5) is 4.37. The molecule has 0 radical (unpaired) electrons. The second-order valence-electron chi connectivity index (χ2n) is 4.74. The van der Waals surface area contributed by atoms with Crippen molar-refractivity contribution in [2.45, 2.75) is 52.6 Å². The third-order valence-corrected chi connectivity index (χ3v) is 2.57. The topological polar surface area (TPSA) is 60.2 Å². The van der Waals surface area contributed by atoms with E-state index in [1.54, 1.807) is 0 Å². The standard InChI is InChI=1S/C14H25N3O/c1-4-5-6-7-10-16-13-9-8-12(15)14(17-13)18-11(2)3/h8-9,11H,4-7,10,15H2,1-3H3,(H,16,17). The Hall–Kier alpha value is -1.45. The fourth-order valence-corrected chi connectivity index (χ4v) is 1.64. The van der Waals surface area contributed by atoms with Gasteiger partial charge in [-0.2, -0.15) is 4.98 Å². The first-order valence-electron chi connectivity index (χ1n) is 6.80. The number of nitrogens with two attached hydrogens (primary N) is 1. The Balaban J connectivity index is 2.46. The van der Waals surface area contributed by atoms with Gasteiger partial charge in [0.25, 0.3) is 0 Å². The molecule has 0 fully saturated rings. The summed E-state index contributed by atoms with van der Waals surface area (Å²) in [6.45, 7) is 7.08. The van der Waals surface area contributed by atoms with Gasteiger partial charge in [-0.15, -0.1) is 0 Å². The molecule has 0 spiro atoms. The maximum Gasteiger partial charge on any atom is 0.239 e. The summed E-state index contributed by atoms with van der Waals surface area (Å²) in [5, 5.41) is 3.30. The van der Waals surface area contributed by atoms with E-state index in [-0.39, 0.29) is 6.10 Å². The van der Waals surface area contributed by atoms with Crippen molar-refractivity contribution in [2.24, 2.45) is 0 Å². The van der Waals surface area contributed by atoms with E-state index in [4.69, 9.17) is 10.5 Å². The first kappa shape index (κ1) is 14.6. The van der Waals surface area contributed by atoms with Crippen LogP contribution < -0.4 is 15.8 Å². The van der Waals surface area contributed by atoms with Crippen LogP contribution in [0.1, 0.15) is 46.5 Å². The van der Waals surface area contributed by atoms with Crippen LogP contribution in [0.15, 0.2) is 12.1 Å². The quantitative estimate of drug-likeness (QED) is 0.695. The van der Waals surface area contributed by atoms with Gasteiger partial charge in [-0.25, -0.2) is 0 Å². The van der Waals surface area contributed by atoms with E-state index in [1.807, 2.05) is 26.0 Å². The van der Waals surface area contributed by atoms with Gasteiger partial charge in [0.2, 0.25) is 5.88 Å². The molecule has 3 N–H and O–H groups in total. The van der Waals surface area contributed by atoms with E-state index >= 15 is 0 Å². The molecular weight excluding hydrogens is 226 g/mol. The van der Waals surface area contributed by atoms with Crippen LogP contribution in [-0.4, -0.2) is 17.6 Å². The van der Waals surface area contributed by atoms with Gasteiger partial charge in [-0.3, -0.25) is 0 Å². The molecule has 0 aliphatic carbocycles. The van der Waals surface area contributed by atoms with Gasteiger partial charge >= 0.3 is 0 Å². The molecule has 0 unspecified atom stereocenters. The highest BCUT2D eigenvalue weighted by Crippen LogP contribution is 2.21. The van der Waals surface area contributed by atoms with Crippen LogP contribution in [-0.2, 0) is 0 Å². The van der Waals surface area contributed by atoms with Crippen LogP contribution in [0, 0.1) is 0 Å². The molecule has 0 bridgehead atoms. The summed E-state index contributed by atoms with van der Waals surface area (Å²) in [5.41, 5.74) is 6.40. The van der Waals surface area contributed by atoms with E-state index < -0.39 is 0 Å². The Bertz CT molecular complexity index is 353. The molecule has 0 saturated carbocycles. The monoisotopic (exact) mass is 251 g/mol. The van der Waals surface area contributed by atoms with Gasteiger partial charge in [0, 0.05) is 6.54 Å². The lowest BCUT2D eigenvalue weighted by molar-refractivity contribution is 0.234. The smallest absolute Gasteiger partial charge is 0.239 e. The van der Waals surface area contributed by atoms with Crippen LogP contribution in [0.3, 0.4) is 0 Å². The molecule has 18 heavy (non-hydrogen) atoms. The zero-order valence-electron chi connectivity index (χ0n) is 11.7. The molecule has 0 aliphatic heterocycles. The molecule has 4 nitrogen and oxygen atoms in total. The highest BCUT2D eigenvalue weighted by atomic mass is 16.5. The van der Waals surface area contributed by atoms with Crippen LogP contribution in [0.2, 0.25) is 0 Å². The highest BCUT2D eigenvalue weighted by molar-refractivity contribution is 5.53. The Morgan fingerprint density at radius 3 is 2.72 bits per heavy atom. The maximum absolute atomic E-state index is 5.82. The molecule has 4 heteroatoms. The minimum atomic E-state index is 0.0830. The van der Waals surface area contributed by atoms with Crippen molar-refractivity contribution in [1.82, 2.24) is 4.98 Å². The van der Waals surface area contributed by atoms with Gasteiger partial charge in [-0.1, -0.05) is 26.2 Å². The summed E-state index contributed by atoms with van der Waals surface area (Å²) >= 11 is 0. The average molecular weight is 251 g/mol. The number of hydrogen-bond acceptors (Lipinski definition) is 4. The molecule has 102 valence electrons. The second-order valence-corrected chi connectivity index (χ2v) is 4.74. The Morgan fingerprint density at radius 2 is 2.06 bits per heavy atom. The fourth-order valence-electron chi connectivity index (χ4n) is 1.64. The van der Waals surface area contributed by atoms with Crippen LogP contribution in [0.5, 0.6) is 5.88 Å². The Labute approximate surface area is 110 Å². The van der Waals surface area contributed by atoms with Crippen molar-refractivity contribution < 1.29 is 4.74 Å². The molecular formula is C14H25N3O. The van der Waals surface area contributed by atoms with Crippen molar-refractivity contribution in [3.05, 3.63) is 12.1 Å². The van der Waals surface area contributed by atoms with Crippen molar-refractivity contribution in [3.8, 4) is 5.88 Å². The number of anilines is 2.